The van der Waals surface area contributed by atoms with E-state index < -0.39 is 18.1 Å². The van der Waals surface area contributed by atoms with Gasteiger partial charge < -0.3 is 14.8 Å². The van der Waals surface area contributed by atoms with Gasteiger partial charge in [0.05, 0.1) is 6.04 Å². The summed E-state index contributed by atoms with van der Waals surface area (Å²) in [4.78, 5) is 39.5. The second kappa shape index (κ2) is 11.9. The largest absolute Gasteiger partial charge is 0.460 e. The molecule has 0 saturated carbocycles. The van der Waals surface area contributed by atoms with Crippen LogP contribution in [0.15, 0.2) is 91.0 Å². The lowest BCUT2D eigenvalue weighted by molar-refractivity contribution is -0.164. The van der Waals surface area contributed by atoms with Crippen molar-refractivity contribution < 1.29 is 23.9 Å². The molecule has 7 heteroatoms. The standard InChI is InChI=1S/C28H28N2O5/c31-26(34-19-22-12-6-2-7-13-22)17-29-27(32)24-16-25(30(24)18-21-10-4-1-5-11-21)28(33)35-20-23-14-8-3-9-15-23/h1-15,24-25H,16-20H2,(H,29,32)/t24-,25+/m0/s1. The van der Waals surface area contributed by atoms with E-state index in [-0.39, 0.29) is 31.6 Å². The number of likely N-dealkylation sites (tertiary alicyclic amines) is 1. The molecule has 0 spiro atoms. The molecule has 1 fully saturated rings. The lowest BCUT2D eigenvalue weighted by Crippen LogP contribution is -2.64. The summed E-state index contributed by atoms with van der Waals surface area (Å²) >= 11 is 0. The molecule has 0 bridgehead atoms. The van der Waals surface area contributed by atoms with Gasteiger partial charge in [-0.3, -0.25) is 19.3 Å². The zero-order chi connectivity index (χ0) is 24.5. The Hall–Kier alpha value is -3.97. The van der Waals surface area contributed by atoms with Crippen LogP contribution in [0.4, 0.5) is 0 Å². The average Bonchev–Trinajstić information content (AvgIpc) is 2.89. The van der Waals surface area contributed by atoms with Gasteiger partial charge in [0.2, 0.25) is 5.91 Å². The van der Waals surface area contributed by atoms with Gasteiger partial charge in [0.25, 0.3) is 0 Å². The normalized spacial score (nSPS) is 17.1. The molecular weight excluding hydrogens is 444 g/mol. The minimum absolute atomic E-state index is 0.147. The third-order valence-electron chi connectivity index (χ3n) is 5.90. The molecule has 2 atom stereocenters. The van der Waals surface area contributed by atoms with Crippen molar-refractivity contribution in [1.82, 2.24) is 10.2 Å². The van der Waals surface area contributed by atoms with Crippen molar-refractivity contribution in [1.29, 1.82) is 0 Å². The predicted octanol–water partition coefficient (Wildman–Crippen LogP) is 3.23. The molecule has 3 aromatic carbocycles. The Labute approximate surface area is 204 Å². The fourth-order valence-corrected chi connectivity index (χ4v) is 3.96. The van der Waals surface area contributed by atoms with E-state index in [1.807, 2.05) is 95.9 Å². The lowest BCUT2D eigenvalue weighted by atomic mass is 9.91. The first-order valence-electron chi connectivity index (χ1n) is 11.6. The van der Waals surface area contributed by atoms with Crippen LogP contribution in [0.5, 0.6) is 0 Å². The summed E-state index contributed by atoms with van der Waals surface area (Å²) in [5, 5.41) is 2.65. The van der Waals surface area contributed by atoms with Gasteiger partial charge >= 0.3 is 11.9 Å². The maximum atomic E-state index is 12.8. The van der Waals surface area contributed by atoms with Crippen molar-refractivity contribution in [3.63, 3.8) is 0 Å². The van der Waals surface area contributed by atoms with Crippen molar-refractivity contribution in [2.45, 2.75) is 38.3 Å². The predicted molar refractivity (Wildman–Crippen MR) is 130 cm³/mol. The maximum Gasteiger partial charge on any atom is 0.325 e. The highest BCUT2D eigenvalue weighted by atomic mass is 16.5. The Bertz CT molecular complexity index is 1120. The van der Waals surface area contributed by atoms with Gasteiger partial charge in [0, 0.05) is 6.54 Å². The number of amides is 1. The van der Waals surface area contributed by atoms with Gasteiger partial charge in [-0.1, -0.05) is 91.0 Å². The molecule has 1 amide bonds. The van der Waals surface area contributed by atoms with Crippen LogP contribution in [0, 0.1) is 0 Å². The number of carbonyl (C=O) groups is 3. The summed E-state index contributed by atoms with van der Waals surface area (Å²) in [5.41, 5.74) is 2.75. The van der Waals surface area contributed by atoms with E-state index in [0.29, 0.717) is 13.0 Å². The summed E-state index contributed by atoms with van der Waals surface area (Å²) in [6, 6.07) is 27.4. The monoisotopic (exact) mass is 472 g/mol. The molecular formula is C28H28N2O5. The fraction of sp³-hybridized carbons (Fsp3) is 0.250. The van der Waals surface area contributed by atoms with Crippen molar-refractivity contribution in [2.24, 2.45) is 0 Å². The van der Waals surface area contributed by atoms with E-state index in [4.69, 9.17) is 9.47 Å². The molecule has 0 aromatic heterocycles. The van der Waals surface area contributed by atoms with E-state index in [9.17, 15) is 14.4 Å². The molecule has 0 aliphatic carbocycles. The molecule has 0 unspecified atom stereocenters. The summed E-state index contributed by atoms with van der Waals surface area (Å²) in [6.07, 6.45) is 0.325. The molecule has 35 heavy (non-hydrogen) atoms. The Morgan fingerprint density at radius 1 is 0.714 bits per heavy atom. The Morgan fingerprint density at radius 2 is 1.23 bits per heavy atom. The van der Waals surface area contributed by atoms with Crippen LogP contribution in [-0.2, 0) is 43.6 Å². The van der Waals surface area contributed by atoms with Crippen LogP contribution in [0.25, 0.3) is 0 Å². The molecule has 7 nitrogen and oxygen atoms in total. The van der Waals surface area contributed by atoms with E-state index >= 15 is 0 Å². The molecule has 1 saturated heterocycles. The van der Waals surface area contributed by atoms with E-state index in [2.05, 4.69) is 5.32 Å². The van der Waals surface area contributed by atoms with Gasteiger partial charge in [-0.05, 0) is 23.1 Å². The maximum absolute atomic E-state index is 12.8. The van der Waals surface area contributed by atoms with Crippen molar-refractivity contribution >= 4 is 17.8 Å². The van der Waals surface area contributed by atoms with Gasteiger partial charge in [-0.15, -0.1) is 0 Å². The van der Waals surface area contributed by atoms with E-state index in [1.165, 1.54) is 0 Å². The van der Waals surface area contributed by atoms with Crippen LogP contribution < -0.4 is 5.32 Å². The zero-order valence-corrected chi connectivity index (χ0v) is 19.3. The molecule has 1 N–H and O–H groups in total. The molecule has 1 aliphatic rings. The minimum Gasteiger partial charge on any atom is -0.460 e. The highest BCUT2D eigenvalue weighted by Gasteiger charge is 2.47. The Balaban J connectivity index is 1.31. The minimum atomic E-state index is -0.536. The summed E-state index contributed by atoms with van der Waals surface area (Å²) < 4.78 is 10.7. The summed E-state index contributed by atoms with van der Waals surface area (Å²) in [7, 11) is 0. The van der Waals surface area contributed by atoms with Crippen LogP contribution >= 0.6 is 0 Å². The highest BCUT2D eigenvalue weighted by molar-refractivity contribution is 5.89. The van der Waals surface area contributed by atoms with Gasteiger partial charge in [0.15, 0.2) is 0 Å². The van der Waals surface area contributed by atoms with Crippen LogP contribution in [0.3, 0.4) is 0 Å². The molecule has 1 aliphatic heterocycles. The van der Waals surface area contributed by atoms with Crippen molar-refractivity contribution in [3.8, 4) is 0 Å². The number of esters is 2. The molecule has 180 valence electrons. The van der Waals surface area contributed by atoms with Crippen LogP contribution in [0.2, 0.25) is 0 Å². The number of benzene rings is 3. The number of nitrogens with zero attached hydrogens (tertiary/aromatic N) is 1. The molecule has 0 radical (unpaired) electrons. The SMILES string of the molecule is O=C(CNC(=O)[C@@H]1C[C@H](C(=O)OCc2ccccc2)N1Cc1ccccc1)OCc1ccccc1. The number of nitrogens with one attached hydrogen (secondary N) is 1. The first-order valence-corrected chi connectivity index (χ1v) is 11.6. The van der Waals surface area contributed by atoms with Gasteiger partial charge in [-0.2, -0.15) is 0 Å². The van der Waals surface area contributed by atoms with E-state index in [1.54, 1.807) is 0 Å². The number of carbonyl (C=O) groups excluding carboxylic acids is 3. The quantitative estimate of drug-likeness (QED) is 0.456. The second-order valence-corrected chi connectivity index (χ2v) is 8.38. The van der Waals surface area contributed by atoms with Crippen LogP contribution in [-0.4, -0.2) is 41.4 Å². The Morgan fingerprint density at radius 3 is 1.80 bits per heavy atom. The fourth-order valence-electron chi connectivity index (χ4n) is 3.96. The van der Waals surface area contributed by atoms with Crippen LogP contribution in [0.1, 0.15) is 23.1 Å². The number of hydrogen-bond acceptors (Lipinski definition) is 6. The van der Waals surface area contributed by atoms with Gasteiger partial charge in [0.1, 0.15) is 25.8 Å². The van der Waals surface area contributed by atoms with Crippen molar-refractivity contribution in [2.75, 3.05) is 6.54 Å². The first-order chi connectivity index (χ1) is 17.1. The lowest BCUT2D eigenvalue weighted by Gasteiger charge is -2.45. The topological polar surface area (TPSA) is 84.9 Å². The Kier molecular flexibility index (Phi) is 8.25. The molecule has 3 aromatic rings. The number of rotatable bonds is 10. The molecule has 1 heterocycles. The van der Waals surface area contributed by atoms with Gasteiger partial charge in [-0.25, -0.2) is 0 Å². The summed E-state index contributed by atoms with van der Waals surface area (Å²) in [5.74, 6) is -1.20. The average molecular weight is 473 g/mol. The highest BCUT2D eigenvalue weighted by Crippen LogP contribution is 2.29. The third kappa shape index (κ3) is 6.77. The smallest absolute Gasteiger partial charge is 0.325 e. The second-order valence-electron chi connectivity index (χ2n) is 8.38. The first kappa shape index (κ1) is 24.2. The van der Waals surface area contributed by atoms with E-state index in [0.717, 1.165) is 16.7 Å². The number of hydrogen-bond donors (Lipinski definition) is 1. The van der Waals surface area contributed by atoms with Crippen molar-refractivity contribution in [3.05, 3.63) is 108 Å². The zero-order valence-electron chi connectivity index (χ0n) is 19.3. The number of ether oxygens (including phenoxy) is 2. The molecule has 4 rings (SSSR count). The summed E-state index contributed by atoms with van der Waals surface area (Å²) in [6.45, 7) is 0.515. The third-order valence-corrected chi connectivity index (χ3v) is 5.90.